The van der Waals surface area contributed by atoms with Gasteiger partial charge in [0.05, 0.1) is 19.9 Å². The molecule has 0 amide bonds. The Morgan fingerprint density at radius 1 is 1.00 bits per heavy atom. The Morgan fingerprint density at radius 2 is 1.82 bits per heavy atom. The highest BCUT2D eigenvalue weighted by Crippen LogP contribution is 2.39. The number of aromatic nitrogens is 3. The lowest BCUT2D eigenvalue weighted by atomic mass is 10.1. The topological polar surface area (TPSA) is 96.3 Å². The summed E-state index contributed by atoms with van der Waals surface area (Å²) in [5.74, 6) is 1.83. The Bertz CT molecular complexity index is 1140. The molecule has 0 aliphatic rings. The van der Waals surface area contributed by atoms with Crippen LogP contribution in [0.5, 0.6) is 11.5 Å². The van der Waals surface area contributed by atoms with Gasteiger partial charge in [0.2, 0.25) is 5.89 Å². The van der Waals surface area contributed by atoms with E-state index < -0.39 is 0 Å². The molecule has 0 unspecified atom stereocenters. The van der Waals surface area contributed by atoms with Crippen molar-refractivity contribution in [1.82, 2.24) is 15.2 Å². The molecule has 4 rings (SSSR count). The van der Waals surface area contributed by atoms with Gasteiger partial charge in [0.1, 0.15) is 16.5 Å². The van der Waals surface area contributed by atoms with Gasteiger partial charge in [0.25, 0.3) is 0 Å². The number of nitrogens with two attached hydrogens (primary N) is 1. The zero-order valence-electron chi connectivity index (χ0n) is 15.6. The van der Waals surface area contributed by atoms with Crippen LogP contribution in [0.25, 0.3) is 33.3 Å². The highest BCUT2D eigenvalue weighted by atomic mass is 32.1. The van der Waals surface area contributed by atoms with Crippen LogP contribution < -0.4 is 15.2 Å². The van der Waals surface area contributed by atoms with Crippen LogP contribution >= 0.6 is 11.3 Å². The molecule has 0 saturated heterocycles. The fourth-order valence-corrected chi connectivity index (χ4v) is 3.82. The minimum atomic E-state index is 0.0411. The Hall–Kier alpha value is -3.39. The van der Waals surface area contributed by atoms with Crippen molar-refractivity contribution in [3.05, 3.63) is 47.3 Å². The molecule has 2 N–H and O–H groups in total. The van der Waals surface area contributed by atoms with Gasteiger partial charge < -0.3 is 19.6 Å². The summed E-state index contributed by atoms with van der Waals surface area (Å²) in [5.41, 5.74) is 9.08. The maximum absolute atomic E-state index is 5.54. The largest absolute Gasteiger partial charge is 0.497 e. The number of hydrogen-bond acceptors (Lipinski definition) is 8. The number of hydrogen-bond donors (Lipinski definition) is 1. The third kappa shape index (κ3) is 3.29. The second-order valence-corrected chi connectivity index (χ2v) is 7.22. The Labute approximate surface area is 165 Å². The zero-order valence-corrected chi connectivity index (χ0v) is 16.4. The molecule has 142 valence electrons. The molecule has 0 aliphatic carbocycles. The van der Waals surface area contributed by atoms with Crippen LogP contribution in [-0.2, 0) is 0 Å². The van der Waals surface area contributed by atoms with E-state index in [0.717, 1.165) is 43.8 Å². The molecule has 7 nitrogen and oxygen atoms in total. The molecule has 0 spiro atoms. The number of ether oxygens (including phenoxy) is 2. The van der Waals surface area contributed by atoms with Gasteiger partial charge in [0.15, 0.2) is 0 Å². The van der Waals surface area contributed by atoms with Crippen LogP contribution in [0.2, 0.25) is 0 Å². The maximum Gasteiger partial charge on any atom is 0.313 e. The number of nitrogens with zero attached hydrogens (tertiary/aromatic N) is 3. The average Bonchev–Trinajstić information content (AvgIpc) is 3.33. The van der Waals surface area contributed by atoms with Gasteiger partial charge in [-0.05, 0) is 31.2 Å². The van der Waals surface area contributed by atoms with E-state index >= 15 is 0 Å². The lowest BCUT2D eigenvalue weighted by Crippen LogP contribution is -1.91. The maximum atomic E-state index is 5.54. The summed E-state index contributed by atoms with van der Waals surface area (Å²) in [7, 11) is 3.27. The zero-order chi connectivity index (χ0) is 19.7. The number of aryl methyl sites for hydroxylation is 1. The molecular weight excluding hydrogens is 376 g/mol. The van der Waals surface area contributed by atoms with Gasteiger partial charge in [0, 0.05) is 27.6 Å². The Morgan fingerprint density at radius 3 is 2.54 bits per heavy atom. The van der Waals surface area contributed by atoms with Crippen molar-refractivity contribution in [2.45, 2.75) is 6.92 Å². The normalized spacial score (nSPS) is 10.8. The van der Waals surface area contributed by atoms with E-state index in [2.05, 4.69) is 10.2 Å². The summed E-state index contributed by atoms with van der Waals surface area (Å²) in [6, 6.07) is 13.5. The minimum Gasteiger partial charge on any atom is -0.497 e. The lowest BCUT2D eigenvalue weighted by molar-refractivity contribution is 0.395. The van der Waals surface area contributed by atoms with Crippen molar-refractivity contribution in [2.75, 3.05) is 20.0 Å². The molecule has 4 aromatic rings. The Kier molecular flexibility index (Phi) is 4.70. The van der Waals surface area contributed by atoms with Crippen molar-refractivity contribution < 1.29 is 13.9 Å². The van der Waals surface area contributed by atoms with Crippen molar-refractivity contribution in [3.63, 3.8) is 0 Å². The molecule has 2 aromatic carbocycles. The summed E-state index contributed by atoms with van der Waals surface area (Å²) in [5, 5.41) is 8.54. The number of benzene rings is 2. The number of rotatable bonds is 5. The average molecular weight is 394 g/mol. The summed E-state index contributed by atoms with van der Waals surface area (Å²) in [6.45, 7) is 2.04. The predicted molar refractivity (Wildman–Crippen MR) is 109 cm³/mol. The Balaban J connectivity index is 1.75. The fourth-order valence-electron chi connectivity index (χ4n) is 2.90. The second kappa shape index (κ2) is 7.32. The first kappa shape index (κ1) is 18.0. The fraction of sp³-hybridized carbons (Fsp3) is 0.150. The molecule has 0 aliphatic heterocycles. The SMILES string of the molecule is COc1ccc(-c2nc(-c3cccc(-c4nnc(N)o4)c3)sc2C)c(OC)c1. The van der Waals surface area contributed by atoms with Crippen LogP contribution in [-0.4, -0.2) is 29.4 Å². The summed E-state index contributed by atoms with van der Waals surface area (Å²) in [4.78, 5) is 5.95. The van der Waals surface area contributed by atoms with Crippen LogP contribution in [0.4, 0.5) is 6.01 Å². The van der Waals surface area contributed by atoms with E-state index in [1.807, 2.05) is 49.4 Å². The molecule has 0 fully saturated rings. The molecule has 0 radical (unpaired) electrons. The van der Waals surface area contributed by atoms with Crippen molar-refractivity contribution in [3.8, 4) is 44.8 Å². The number of thiazole rings is 1. The van der Waals surface area contributed by atoms with Crippen molar-refractivity contribution in [2.24, 2.45) is 0 Å². The molecule has 28 heavy (non-hydrogen) atoms. The predicted octanol–water partition coefficient (Wildman–Crippen LogP) is 4.43. The minimum absolute atomic E-state index is 0.0411. The molecular formula is C20H18N4O3S. The van der Waals surface area contributed by atoms with Gasteiger partial charge in [-0.1, -0.05) is 17.2 Å². The highest BCUT2D eigenvalue weighted by molar-refractivity contribution is 7.15. The smallest absolute Gasteiger partial charge is 0.313 e. The number of methoxy groups -OCH3 is 2. The van der Waals surface area contributed by atoms with Crippen LogP contribution in [0.3, 0.4) is 0 Å². The highest BCUT2D eigenvalue weighted by Gasteiger charge is 2.17. The number of nitrogen functional groups attached to an aromatic ring is 1. The van der Waals surface area contributed by atoms with E-state index in [1.54, 1.807) is 25.6 Å². The van der Waals surface area contributed by atoms with Crippen LogP contribution in [0, 0.1) is 6.92 Å². The van der Waals surface area contributed by atoms with Gasteiger partial charge in [-0.2, -0.15) is 0 Å². The molecule has 2 heterocycles. The first-order valence-corrected chi connectivity index (χ1v) is 9.30. The number of anilines is 1. The third-order valence-corrected chi connectivity index (χ3v) is 5.28. The lowest BCUT2D eigenvalue weighted by Gasteiger charge is -2.09. The quantitative estimate of drug-likeness (QED) is 0.535. The first-order valence-electron chi connectivity index (χ1n) is 8.48. The molecule has 0 bridgehead atoms. The van der Waals surface area contributed by atoms with Gasteiger partial charge >= 0.3 is 6.01 Å². The summed E-state index contributed by atoms with van der Waals surface area (Å²) in [6.07, 6.45) is 0. The van der Waals surface area contributed by atoms with Gasteiger partial charge in [-0.25, -0.2) is 4.98 Å². The van der Waals surface area contributed by atoms with E-state index in [9.17, 15) is 0 Å². The van der Waals surface area contributed by atoms with E-state index in [-0.39, 0.29) is 6.01 Å². The van der Waals surface area contributed by atoms with E-state index in [1.165, 1.54) is 0 Å². The molecule has 8 heteroatoms. The third-order valence-electron chi connectivity index (χ3n) is 4.26. The van der Waals surface area contributed by atoms with E-state index in [0.29, 0.717) is 5.89 Å². The van der Waals surface area contributed by atoms with Crippen molar-refractivity contribution in [1.29, 1.82) is 0 Å². The molecule has 2 aromatic heterocycles. The summed E-state index contributed by atoms with van der Waals surface area (Å²) < 4.78 is 16.1. The van der Waals surface area contributed by atoms with Gasteiger partial charge in [-0.3, -0.25) is 0 Å². The van der Waals surface area contributed by atoms with E-state index in [4.69, 9.17) is 24.6 Å². The van der Waals surface area contributed by atoms with Gasteiger partial charge in [-0.15, -0.1) is 16.4 Å². The second-order valence-electron chi connectivity index (χ2n) is 6.02. The molecule has 0 saturated carbocycles. The molecule has 0 atom stereocenters. The monoisotopic (exact) mass is 394 g/mol. The van der Waals surface area contributed by atoms with Crippen LogP contribution in [0.15, 0.2) is 46.9 Å². The standard InChI is InChI=1S/C20H18N4O3S/c1-11-17(15-8-7-14(25-2)10-16(15)26-3)22-19(28-11)13-6-4-5-12(9-13)18-23-24-20(21)27-18/h4-10H,1-3H3,(H2,21,24). The first-order chi connectivity index (χ1) is 13.6. The van der Waals surface area contributed by atoms with Crippen LogP contribution in [0.1, 0.15) is 4.88 Å². The summed E-state index contributed by atoms with van der Waals surface area (Å²) >= 11 is 1.61. The van der Waals surface area contributed by atoms with Crippen molar-refractivity contribution >= 4 is 17.4 Å².